The average Bonchev–Trinajstić information content (AvgIpc) is 2.86. The minimum absolute atomic E-state index is 0.0768. The molecule has 0 fully saturated rings. The van der Waals surface area contributed by atoms with Crippen LogP contribution in [0.15, 0.2) is 35.4 Å². The largest absolute Gasteiger partial charge is 0.327 e. The lowest BCUT2D eigenvalue weighted by Gasteiger charge is -2.04. The first kappa shape index (κ1) is 15.5. The van der Waals surface area contributed by atoms with Crippen molar-refractivity contribution in [3.63, 3.8) is 0 Å². The highest BCUT2D eigenvalue weighted by atomic mass is 16.1. The minimum Gasteiger partial charge on any atom is -0.304 e. The summed E-state index contributed by atoms with van der Waals surface area (Å²) < 4.78 is 1.74. The molecule has 0 amide bonds. The van der Waals surface area contributed by atoms with Gasteiger partial charge in [-0.15, -0.1) is 0 Å². The second-order valence-electron chi connectivity index (χ2n) is 5.92. The van der Waals surface area contributed by atoms with E-state index in [0.29, 0.717) is 0 Å². The highest BCUT2D eigenvalue weighted by molar-refractivity contribution is 5.78. The number of rotatable bonds is 6. The number of aromatic nitrogens is 4. The Labute approximate surface area is 135 Å². The number of aromatic amines is 1. The van der Waals surface area contributed by atoms with E-state index in [1.165, 1.54) is 12.8 Å². The predicted molar refractivity (Wildman–Crippen MR) is 92.5 cm³/mol. The van der Waals surface area contributed by atoms with Crippen molar-refractivity contribution >= 4 is 11.2 Å². The maximum Gasteiger partial charge on any atom is 0.327 e. The summed E-state index contributed by atoms with van der Waals surface area (Å²) in [5, 5.41) is 0. The van der Waals surface area contributed by atoms with Gasteiger partial charge in [-0.3, -0.25) is 9.55 Å². The van der Waals surface area contributed by atoms with Gasteiger partial charge in [0.25, 0.3) is 0 Å². The molecule has 3 aromatic rings. The van der Waals surface area contributed by atoms with Gasteiger partial charge >= 0.3 is 5.69 Å². The molecule has 0 aliphatic heterocycles. The standard InChI is InChI=1S/C18H22N4O/c1-3-4-5-6-9-22-17-16(21-18(22)23)11-15(12-20-17)14-7-8-19-13(2)10-14/h7-8,10-12H,3-6,9H2,1-2H3,(H,21,23). The van der Waals surface area contributed by atoms with Crippen molar-refractivity contribution in [2.75, 3.05) is 0 Å². The molecule has 0 aliphatic rings. The Morgan fingerprint density at radius 1 is 1.13 bits per heavy atom. The van der Waals surface area contributed by atoms with E-state index in [2.05, 4.69) is 21.9 Å². The van der Waals surface area contributed by atoms with E-state index in [0.717, 1.165) is 47.4 Å². The van der Waals surface area contributed by atoms with Crippen LogP contribution in [0.5, 0.6) is 0 Å². The molecule has 0 atom stereocenters. The molecule has 0 radical (unpaired) electrons. The van der Waals surface area contributed by atoms with E-state index in [-0.39, 0.29) is 5.69 Å². The zero-order valence-corrected chi connectivity index (χ0v) is 13.7. The lowest BCUT2D eigenvalue weighted by Crippen LogP contribution is -2.17. The zero-order chi connectivity index (χ0) is 16.2. The van der Waals surface area contributed by atoms with Crippen molar-refractivity contribution < 1.29 is 0 Å². The third-order valence-electron chi connectivity index (χ3n) is 4.07. The molecule has 5 nitrogen and oxygen atoms in total. The zero-order valence-electron chi connectivity index (χ0n) is 13.7. The van der Waals surface area contributed by atoms with Crippen LogP contribution in [-0.4, -0.2) is 19.5 Å². The van der Waals surface area contributed by atoms with Crippen LogP contribution in [-0.2, 0) is 6.54 Å². The van der Waals surface area contributed by atoms with Gasteiger partial charge in [0.1, 0.15) is 0 Å². The second kappa shape index (κ2) is 6.77. The predicted octanol–water partition coefficient (Wildman–Crippen LogP) is 3.68. The third-order valence-corrected chi connectivity index (χ3v) is 4.07. The maximum absolute atomic E-state index is 12.2. The summed E-state index contributed by atoms with van der Waals surface area (Å²) in [6, 6.07) is 5.96. The average molecular weight is 310 g/mol. The first-order valence-corrected chi connectivity index (χ1v) is 8.20. The molecule has 3 aromatic heterocycles. The second-order valence-corrected chi connectivity index (χ2v) is 5.92. The fourth-order valence-corrected chi connectivity index (χ4v) is 2.83. The summed E-state index contributed by atoms with van der Waals surface area (Å²) in [6.45, 7) is 4.87. The van der Waals surface area contributed by atoms with Gasteiger partial charge in [0.2, 0.25) is 0 Å². The topological polar surface area (TPSA) is 63.6 Å². The number of H-pyrrole nitrogens is 1. The fraction of sp³-hybridized carbons (Fsp3) is 0.389. The van der Waals surface area contributed by atoms with E-state index in [4.69, 9.17) is 0 Å². The van der Waals surface area contributed by atoms with E-state index in [1.807, 2.05) is 31.3 Å². The molecular formula is C18H22N4O. The van der Waals surface area contributed by atoms with E-state index in [1.54, 1.807) is 10.8 Å². The van der Waals surface area contributed by atoms with Gasteiger partial charge in [0.05, 0.1) is 5.52 Å². The van der Waals surface area contributed by atoms with Gasteiger partial charge in [-0.2, -0.15) is 0 Å². The summed E-state index contributed by atoms with van der Waals surface area (Å²) >= 11 is 0. The monoisotopic (exact) mass is 310 g/mol. The van der Waals surface area contributed by atoms with Gasteiger partial charge in [-0.25, -0.2) is 9.78 Å². The molecule has 5 heteroatoms. The number of imidazole rings is 1. The summed E-state index contributed by atoms with van der Waals surface area (Å²) in [5.41, 5.74) is 4.46. The van der Waals surface area contributed by atoms with Crippen molar-refractivity contribution in [3.05, 3.63) is 46.8 Å². The molecule has 120 valence electrons. The third kappa shape index (κ3) is 3.33. The number of hydrogen-bond donors (Lipinski definition) is 1. The molecule has 3 heterocycles. The van der Waals surface area contributed by atoms with Gasteiger partial charge in [0, 0.05) is 30.2 Å². The van der Waals surface area contributed by atoms with Gasteiger partial charge < -0.3 is 4.98 Å². The number of aryl methyl sites for hydroxylation is 2. The van der Waals surface area contributed by atoms with Crippen LogP contribution in [0.4, 0.5) is 0 Å². The van der Waals surface area contributed by atoms with E-state index >= 15 is 0 Å². The van der Waals surface area contributed by atoms with Gasteiger partial charge in [-0.1, -0.05) is 26.2 Å². The number of nitrogens with zero attached hydrogens (tertiary/aromatic N) is 3. The molecule has 0 spiro atoms. The Hall–Kier alpha value is -2.43. The molecule has 0 aromatic carbocycles. The Kier molecular flexibility index (Phi) is 4.55. The maximum atomic E-state index is 12.2. The molecule has 3 rings (SSSR count). The Balaban J connectivity index is 1.91. The number of nitrogens with one attached hydrogen (secondary N) is 1. The summed E-state index contributed by atoms with van der Waals surface area (Å²) in [5.74, 6) is 0. The first-order chi connectivity index (χ1) is 11.2. The van der Waals surface area contributed by atoms with Crippen molar-refractivity contribution in [1.82, 2.24) is 19.5 Å². The van der Waals surface area contributed by atoms with Crippen molar-refractivity contribution in [1.29, 1.82) is 0 Å². The number of pyridine rings is 2. The van der Waals surface area contributed by atoms with Crippen LogP contribution in [0.3, 0.4) is 0 Å². The van der Waals surface area contributed by atoms with Crippen LogP contribution in [0, 0.1) is 6.92 Å². The molecule has 23 heavy (non-hydrogen) atoms. The summed E-state index contributed by atoms with van der Waals surface area (Å²) in [4.78, 5) is 23.8. The van der Waals surface area contributed by atoms with Crippen LogP contribution < -0.4 is 5.69 Å². The lowest BCUT2D eigenvalue weighted by molar-refractivity contribution is 0.579. The molecular weight excluding hydrogens is 288 g/mol. The Bertz CT molecular complexity index is 863. The van der Waals surface area contributed by atoms with Crippen LogP contribution in [0.1, 0.15) is 38.3 Å². The molecule has 0 saturated carbocycles. The number of hydrogen-bond acceptors (Lipinski definition) is 3. The van der Waals surface area contributed by atoms with Gasteiger partial charge in [-0.05, 0) is 37.1 Å². The molecule has 0 aliphatic carbocycles. The molecule has 0 unspecified atom stereocenters. The highest BCUT2D eigenvalue weighted by Gasteiger charge is 2.09. The first-order valence-electron chi connectivity index (χ1n) is 8.20. The van der Waals surface area contributed by atoms with Crippen LogP contribution in [0.2, 0.25) is 0 Å². The fourth-order valence-electron chi connectivity index (χ4n) is 2.83. The SMILES string of the molecule is CCCCCCn1c(=O)[nH]c2cc(-c3ccnc(C)c3)cnc21. The summed E-state index contributed by atoms with van der Waals surface area (Å²) in [6.07, 6.45) is 8.16. The molecule has 1 N–H and O–H groups in total. The summed E-state index contributed by atoms with van der Waals surface area (Å²) in [7, 11) is 0. The normalized spacial score (nSPS) is 11.2. The van der Waals surface area contributed by atoms with Crippen molar-refractivity contribution in [2.24, 2.45) is 0 Å². The molecule has 0 bridgehead atoms. The van der Waals surface area contributed by atoms with E-state index < -0.39 is 0 Å². The van der Waals surface area contributed by atoms with Crippen molar-refractivity contribution in [3.8, 4) is 11.1 Å². The number of fused-ring (bicyclic) bond motifs is 1. The minimum atomic E-state index is -0.0768. The van der Waals surface area contributed by atoms with Gasteiger partial charge in [0.15, 0.2) is 5.65 Å². The smallest absolute Gasteiger partial charge is 0.304 e. The van der Waals surface area contributed by atoms with Crippen LogP contribution in [0.25, 0.3) is 22.3 Å². The number of unbranched alkanes of at least 4 members (excludes halogenated alkanes) is 3. The van der Waals surface area contributed by atoms with E-state index in [9.17, 15) is 4.79 Å². The van der Waals surface area contributed by atoms with Crippen molar-refractivity contribution in [2.45, 2.75) is 46.1 Å². The highest BCUT2D eigenvalue weighted by Crippen LogP contribution is 2.21. The lowest BCUT2D eigenvalue weighted by atomic mass is 10.1. The Morgan fingerprint density at radius 3 is 2.78 bits per heavy atom. The van der Waals surface area contributed by atoms with Crippen LogP contribution >= 0.6 is 0 Å². The molecule has 0 saturated heterocycles. The quantitative estimate of drug-likeness (QED) is 0.706. The Morgan fingerprint density at radius 2 is 2.00 bits per heavy atom.